The molecule has 0 unspecified atom stereocenters. The fourth-order valence-corrected chi connectivity index (χ4v) is 1.28. The van der Waals surface area contributed by atoms with Gasteiger partial charge in [0.05, 0.1) is 0 Å². The summed E-state index contributed by atoms with van der Waals surface area (Å²) in [6.07, 6.45) is 10.2. The molecule has 11 heavy (non-hydrogen) atoms. The molecule has 0 aromatic rings. The lowest BCUT2D eigenvalue weighted by atomic mass is 10.0. The second-order valence-corrected chi connectivity index (χ2v) is 2.85. The Morgan fingerprint density at radius 2 is 2.55 bits per heavy atom. The molecular formula is C9H12ClN. The number of allylic oxidation sites excluding steroid dienone is 5. The summed E-state index contributed by atoms with van der Waals surface area (Å²) < 4.78 is 0. The molecule has 0 spiro atoms. The van der Waals surface area contributed by atoms with Crippen molar-refractivity contribution in [3.63, 3.8) is 0 Å². The molecule has 0 aromatic heterocycles. The maximum absolute atomic E-state index is 5.94. The highest BCUT2D eigenvalue weighted by atomic mass is 35.5. The summed E-state index contributed by atoms with van der Waals surface area (Å²) in [5, 5.41) is 0.803. The van der Waals surface area contributed by atoms with Crippen molar-refractivity contribution in [2.24, 2.45) is 5.73 Å². The standard InChI is InChI=1S/C9H12ClN/c10-9(6-7-11)8-4-2-1-3-5-8/h1-2,4,6H,3,5,7,11H2/b9-6-. The Morgan fingerprint density at radius 3 is 3.09 bits per heavy atom. The maximum atomic E-state index is 5.94. The predicted octanol–water partition coefficient (Wildman–Crippen LogP) is 2.34. The van der Waals surface area contributed by atoms with E-state index in [0.29, 0.717) is 6.54 Å². The van der Waals surface area contributed by atoms with Gasteiger partial charge in [-0.15, -0.1) is 0 Å². The molecule has 0 atom stereocenters. The van der Waals surface area contributed by atoms with Gasteiger partial charge in [-0.2, -0.15) is 0 Å². The monoisotopic (exact) mass is 169 g/mol. The minimum absolute atomic E-state index is 0.514. The largest absolute Gasteiger partial charge is 0.327 e. The average molecular weight is 170 g/mol. The summed E-state index contributed by atoms with van der Waals surface area (Å²) in [7, 11) is 0. The van der Waals surface area contributed by atoms with Crippen LogP contribution in [0.15, 0.2) is 34.9 Å². The van der Waals surface area contributed by atoms with Gasteiger partial charge in [0.15, 0.2) is 0 Å². The zero-order chi connectivity index (χ0) is 8.10. The minimum atomic E-state index is 0.514. The van der Waals surface area contributed by atoms with Crippen molar-refractivity contribution >= 4 is 11.6 Å². The van der Waals surface area contributed by atoms with Crippen molar-refractivity contribution < 1.29 is 0 Å². The Balaban J connectivity index is 2.66. The van der Waals surface area contributed by atoms with E-state index in [4.69, 9.17) is 17.3 Å². The fourth-order valence-electron chi connectivity index (χ4n) is 1.04. The molecule has 0 heterocycles. The Morgan fingerprint density at radius 1 is 1.73 bits per heavy atom. The van der Waals surface area contributed by atoms with Crippen LogP contribution < -0.4 is 5.73 Å². The van der Waals surface area contributed by atoms with Crippen LogP contribution in [0.3, 0.4) is 0 Å². The third-order valence-corrected chi connectivity index (χ3v) is 2.01. The lowest BCUT2D eigenvalue weighted by molar-refractivity contribution is 0.983. The van der Waals surface area contributed by atoms with Crippen LogP contribution in [0.2, 0.25) is 0 Å². The van der Waals surface area contributed by atoms with E-state index in [1.165, 1.54) is 5.57 Å². The summed E-state index contributed by atoms with van der Waals surface area (Å²) in [4.78, 5) is 0. The number of halogens is 1. The number of rotatable bonds is 2. The van der Waals surface area contributed by atoms with Crippen LogP contribution in [0.5, 0.6) is 0 Å². The van der Waals surface area contributed by atoms with Gasteiger partial charge in [-0.05, 0) is 18.4 Å². The molecule has 0 saturated carbocycles. The first-order valence-electron chi connectivity index (χ1n) is 3.76. The molecule has 0 aliphatic heterocycles. The van der Waals surface area contributed by atoms with Crippen molar-refractivity contribution in [2.75, 3.05) is 6.54 Å². The minimum Gasteiger partial charge on any atom is -0.327 e. The van der Waals surface area contributed by atoms with Crippen molar-refractivity contribution in [1.29, 1.82) is 0 Å². The van der Waals surface area contributed by atoms with E-state index in [9.17, 15) is 0 Å². The summed E-state index contributed by atoms with van der Waals surface area (Å²) >= 11 is 5.94. The molecule has 2 heteroatoms. The molecule has 1 aliphatic rings. The van der Waals surface area contributed by atoms with Gasteiger partial charge in [0.2, 0.25) is 0 Å². The van der Waals surface area contributed by atoms with E-state index in [0.717, 1.165) is 17.9 Å². The number of hydrogen-bond donors (Lipinski definition) is 1. The maximum Gasteiger partial charge on any atom is 0.0410 e. The van der Waals surface area contributed by atoms with Crippen LogP contribution >= 0.6 is 11.6 Å². The number of hydrogen-bond acceptors (Lipinski definition) is 1. The van der Waals surface area contributed by atoms with Crippen LogP contribution in [-0.2, 0) is 0 Å². The third-order valence-electron chi connectivity index (χ3n) is 1.62. The van der Waals surface area contributed by atoms with Crippen LogP contribution in [-0.4, -0.2) is 6.54 Å². The predicted molar refractivity (Wildman–Crippen MR) is 49.4 cm³/mol. The van der Waals surface area contributed by atoms with Crippen molar-refractivity contribution in [1.82, 2.24) is 0 Å². The second kappa shape index (κ2) is 4.37. The van der Waals surface area contributed by atoms with Crippen molar-refractivity contribution in [2.45, 2.75) is 12.8 Å². The van der Waals surface area contributed by atoms with E-state index >= 15 is 0 Å². The molecule has 0 aromatic carbocycles. The first kappa shape index (κ1) is 8.57. The quantitative estimate of drug-likeness (QED) is 0.675. The van der Waals surface area contributed by atoms with E-state index in [1.807, 2.05) is 18.2 Å². The normalized spacial score (nSPS) is 18.4. The Kier molecular flexibility index (Phi) is 3.40. The van der Waals surface area contributed by atoms with Gasteiger partial charge in [-0.1, -0.05) is 35.9 Å². The van der Waals surface area contributed by atoms with Crippen LogP contribution in [0.25, 0.3) is 0 Å². The highest BCUT2D eigenvalue weighted by molar-refractivity contribution is 6.32. The molecule has 0 radical (unpaired) electrons. The van der Waals surface area contributed by atoms with Crippen molar-refractivity contribution in [3.8, 4) is 0 Å². The molecule has 1 nitrogen and oxygen atoms in total. The highest BCUT2D eigenvalue weighted by Crippen LogP contribution is 2.22. The zero-order valence-electron chi connectivity index (χ0n) is 6.39. The first-order chi connectivity index (χ1) is 5.34. The molecule has 0 fully saturated rings. The SMILES string of the molecule is NC/C=C(\Cl)C1=CC=CCC1. The Bertz CT molecular complexity index is 214. The summed E-state index contributed by atoms with van der Waals surface area (Å²) in [6, 6.07) is 0. The van der Waals surface area contributed by atoms with Gasteiger partial charge in [-0.25, -0.2) is 0 Å². The van der Waals surface area contributed by atoms with Crippen LogP contribution in [0.4, 0.5) is 0 Å². The summed E-state index contributed by atoms with van der Waals surface area (Å²) in [6.45, 7) is 0.514. The lowest BCUT2D eigenvalue weighted by Gasteiger charge is -2.06. The van der Waals surface area contributed by atoms with Gasteiger partial charge in [0, 0.05) is 11.6 Å². The van der Waals surface area contributed by atoms with E-state index < -0.39 is 0 Å². The molecule has 60 valence electrons. The molecule has 2 N–H and O–H groups in total. The van der Waals surface area contributed by atoms with Crippen LogP contribution in [0.1, 0.15) is 12.8 Å². The zero-order valence-corrected chi connectivity index (χ0v) is 7.14. The highest BCUT2D eigenvalue weighted by Gasteiger charge is 2.01. The summed E-state index contributed by atoms with van der Waals surface area (Å²) in [5.41, 5.74) is 6.52. The molecule has 0 amide bonds. The van der Waals surface area contributed by atoms with E-state index in [-0.39, 0.29) is 0 Å². The average Bonchev–Trinajstić information content (AvgIpc) is 2.07. The van der Waals surface area contributed by atoms with Gasteiger partial charge >= 0.3 is 0 Å². The van der Waals surface area contributed by atoms with Gasteiger partial charge in [0.1, 0.15) is 0 Å². The number of nitrogens with two attached hydrogens (primary N) is 1. The Labute approximate surface area is 72.2 Å². The second-order valence-electron chi connectivity index (χ2n) is 2.45. The smallest absolute Gasteiger partial charge is 0.0410 e. The molecule has 0 bridgehead atoms. The molecule has 1 rings (SSSR count). The van der Waals surface area contributed by atoms with E-state index in [1.54, 1.807) is 0 Å². The van der Waals surface area contributed by atoms with Gasteiger partial charge < -0.3 is 5.73 Å². The summed E-state index contributed by atoms with van der Waals surface area (Å²) in [5.74, 6) is 0. The Hall–Kier alpha value is -0.530. The van der Waals surface area contributed by atoms with Crippen molar-refractivity contribution in [3.05, 3.63) is 34.9 Å². The molecular weight excluding hydrogens is 158 g/mol. The fraction of sp³-hybridized carbons (Fsp3) is 0.333. The van der Waals surface area contributed by atoms with Crippen LogP contribution in [0, 0.1) is 0 Å². The lowest BCUT2D eigenvalue weighted by Crippen LogP contribution is -1.96. The van der Waals surface area contributed by atoms with Gasteiger partial charge in [-0.3, -0.25) is 0 Å². The third kappa shape index (κ3) is 2.52. The molecule has 0 saturated heterocycles. The van der Waals surface area contributed by atoms with Gasteiger partial charge in [0.25, 0.3) is 0 Å². The van der Waals surface area contributed by atoms with E-state index in [2.05, 4.69) is 6.08 Å². The first-order valence-corrected chi connectivity index (χ1v) is 4.14. The molecule has 1 aliphatic carbocycles. The topological polar surface area (TPSA) is 26.0 Å².